The third-order valence-corrected chi connectivity index (χ3v) is 3.32. The lowest BCUT2D eigenvalue weighted by atomic mass is 9.96. The first-order valence-electron chi connectivity index (χ1n) is 6.09. The first-order chi connectivity index (χ1) is 8.35. The maximum Gasteiger partial charge on any atom is 0.324 e. The van der Waals surface area contributed by atoms with Crippen LogP contribution in [0.15, 0.2) is 22.7 Å². The standard InChI is InChI=1S/C14H18BrNO2/c1-14(2,3)18-13(17)12-7-9-4-5-11(15)6-10(9)8-16-12/h4-6,12,16H,7-8H2,1-3H3/t12-/m1/s1. The smallest absolute Gasteiger partial charge is 0.324 e. The second-order valence-electron chi connectivity index (χ2n) is 5.58. The van der Waals surface area contributed by atoms with E-state index >= 15 is 0 Å². The summed E-state index contributed by atoms with van der Waals surface area (Å²) in [5.41, 5.74) is 2.02. The summed E-state index contributed by atoms with van der Waals surface area (Å²) >= 11 is 3.45. The second-order valence-corrected chi connectivity index (χ2v) is 6.50. The molecule has 1 aromatic rings. The molecule has 0 fully saturated rings. The van der Waals surface area contributed by atoms with E-state index in [0.29, 0.717) is 13.0 Å². The SMILES string of the molecule is CC(C)(C)OC(=O)[C@H]1Cc2ccc(Br)cc2CN1. The first kappa shape index (κ1) is 13.6. The summed E-state index contributed by atoms with van der Waals surface area (Å²) in [5.74, 6) is -0.170. The van der Waals surface area contributed by atoms with Gasteiger partial charge in [-0.1, -0.05) is 22.0 Å². The van der Waals surface area contributed by atoms with E-state index in [4.69, 9.17) is 4.74 Å². The number of esters is 1. The summed E-state index contributed by atoms with van der Waals surface area (Å²) in [5, 5.41) is 3.23. The van der Waals surface area contributed by atoms with Gasteiger partial charge in [0, 0.05) is 11.0 Å². The summed E-state index contributed by atoms with van der Waals surface area (Å²) in [6.07, 6.45) is 0.692. The van der Waals surface area contributed by atoms with Gasteiger partial charge in [0.2, 0.25) is 0 Å². The lowest BCUT2D eigenvalue weighted by molar-refractivity contribution is -0.157. The van der Waals surface area contributed by atoms with Crippen molar-refractivity contribution >= 4 is 21.9 Å². The zero-order valence-electron chi connectivity index (χ0n) is 10.9. The first-order valence-corrected chi connectivity index (χ1v) is 6.88. The van der Waals surface area contributed by atoms with Crippen LogP contribution < -0.4 is 5.32 Å². The van der Waals surface area contributed by atoms with E-state index in [2.05, 4.69) is 33.4 Å². The zero-order chi connectivity index (χ0) is 13.3. The molecule has 18 heavy (non-hydrogen) atoms. The zero-order valence-corrected chi connectivity index (χ0v) is 12.5. The molecule has 1 aromatic carbocycles. The van der Waals surface area contributed by atoms with Gasteiger partial charge in [0.1, 0.15) is 11.6 Å². The molecule has 0 aromatic heterocycles. The Labute approximate surface area is 116 Å². The summed E-state index contributed by atoms with van der Waals surface area (Å²) in [7, 11) is 0. The Morgan fingerprint density at radius 2 is 2.11 bits per heavy atom. The van der Waals surface area contributed by atoms with Gasteiger partial charge in [-0.3, -0.25) is 4.79 Å². The van der Waals surface area contributed by atoms with Crippen molar-refractivity contribution in [1.82, 2.24) is 5.32 Å². The minimum absolute atomic E-state index is 0.170. The minimum atomic E-state index is -0.432. The highest BCUT2D eigenvalue weighted by atomic mass is 79.9. The van der Waals surface area contributed by atoms with Crippen LogP contribution in [-0.2, 0) is 22.5 Å². The van der Waals surface area contributed by atoms with Gasteiger partial charge in [0.15, 0.2) is 0 Å². The molecule has 0 bridgehead atoms. The number of benzene rings is 1. The van der Waals surface area contributed by atoms with Crippen molar-refractivity contribution < 1.29 is 9.53 Å². The summed E-state index contributed by atoms with van der Waals surface area (Å²) in [6.45, 7) is 6.37. The molecule has 1 aliphatic rings. The highest BCUT2D eigenvalue weighted by molar-refractivity contribution is 9.10. The number of fused-ring (bicyclic) bond motifs is 1. The van der Waals surface area contributed by atoms with E-state index in [0.717, 1.165) is 4.47 Å². The van der Waals surface area contributed by atoms with Crippen LogP contribution >= 0.6 is 15.9 Å². The van der Waals surface area contributed by atoms with Crippen LogP contribution in [0.5, 0.6) is 0 Å². The van der Waals surface area contributed by atoms with Gasteiger partial charge in [-0.15, -0.1) is 0 Å². The number of carbonyl (C=O) groups is 1. The number of rotatable bonds is 1. The van der Waals surface area contributed by atoms with Crippen LogP contribution in [0.4, 0.5) is 0 Å². The molecular weight excluding hydrogens is 294 g/mol. The highest BCUT2D eigenvalue weighted by Gasteiger charge is 2.28. The molecule has 4 heteroatoms. The molecule has 0 spiro atoms. The van der Waals surface area contributed by atoms with Gasteiger partial charge in [-0.25, -0.2) is 0 Å². The topological polar surface area (TPSA) is 38.3 Å². The number of nitrogens with one attached hydrogen (secondary N) is 1. The van der Waals surface area contributed by atoms with Gasteiger partial charge >= 0.3 is 5.97 Å². The molecule has 0 saturated heterocycles. The van der Waals surface area contributed by atoms with Crippen molar-refractivity contribution in [3.8, 4) is 0 Å². The average molecular weight is 312 g/mol. The van der Waals surface area contributed by atoms with Crippen molar-refractivity contribution in [3.05, 3.63) is 33.8 Å². The van der Waals surface area contributed by atoms with Crippen molar-refractivity contribution in [2.45, 2.75) is 45.4 Å². The van der Waals surface area contributed by atoms with Gasteiger partial charge in [-0.2, -0.15) is 0 Å². The molecule has 98 valence electrons. The molecule has 1 heterocycles. The number of hydrogen-bond acceptors (Lipinski definition) is 3. The quantitative estimate of drug-likeness (QED) is 0.811. The maximum absolute atomic E-state index is 12.0. The number of halogens is 1. The molecule has 0 unspecified atom stereocenters. The van der Waals surface area contributed by atoms with Crippen LogP contribution in [0.3, 0.4) is 0 Å². The van der Waals surface area contributed by atoms with E-state index in [1.807, 2.05) is 26.8 Å². The fraction of sp³-hybridized carbons (Fsp3) is 0.500. The fourth-order valence-corrected chi connectivity index (χ4v) is 2.43. The van der Waals surface area contributed by atoms with Gasteiger partial charge in [0.05, 0.1) is 0 Å². The van der Waals surface area contributed by atoms with Gasteiger partial charge in [0.25, 0.3) is 0 Å². The number of hydrogen-bond donors (Lipinski definition) is 1. The molecule has 1 aliphatic heterocycles. The second kappa shape index (κ2) is 5.02. The van der Waals surface area contributed by atoms with Crippen LogP contribution in [0, 0.1) is 0 Å². The Hall–Kier alpha value is -0.870. The van der Waals surface area contributed by atoms with Crippen molar-refractivity contribution in [2.75, 3.05) is 0 Å². The molecule has 3 nitrogen and oxygen atoms in total. The summed E-state index contributed by atoms with van der Waals surface area (Å²) in [6, 6.07) is 5.93. The van der Waals surface area contributed by atoms with Crippen LogP contribution in [0.2, 0.25) is 0 Å². The Bertz CT molecular complexity index is 465. The Kier molecular flexibility index (Phi) is 3.78. The van der Waals surface area contributed by atoms with Crippen molar-refractivity contribution in [2.24, 2.45) is 0 Å². The molecule has 2 rings (SSSR count). The van der Waals surface area contributed by atoms with Crippen LogP contribution in [0.1, 0.15) is 31.9 Å². The molecule has 0 radical (unpaired) electrons. The molecular formula is C14H18BrNO2. The Morgan fingerprint density at radius 1 is 1.39 bits per heavy atom. The van der Waals surface area contributed by atoms with Crippen molar-refractivity contribution in [3.63, 3.8) is 0 Å². The van der Waals surface area contributed by atoms with Crippen LogP contribution in [0.25, 0.3) is 0 Å². The number of ether oxygens (including phenoxy) is 1. The predicted octanol–water partition coefficient (Wildman–Crippen LogP) is 2.81. The third-order valence-electron chi connectivity index (χ3n) is 2.82. The predicted molar refractivity (Wildman–Crippen MR) is 74.3 cm³/mol. The highest BCUT2D eigenvalue weighted by Crippen LogP contribution is 2.22. The lowest BCUT2D eigenvalue weighted by Crippen LogP contribution is -2.45. The van der Waals surface area contributed by atoms with E-state index < -0.39 is 5.60 Å². The third kappa shape index (κ3) is 3.33. The monoisotopic (exact) mass is 311 g/mol. The summed E-state index contributed by atoms with van der Waals surface area (Å²) < 4.78 is 6.47. The normalized spacial score (nSPS) is 19.2. The average Bonchev–Trinajstić information content (AvgIpc) is 2.26. The Balaban J connectivity index is 2.08. The number of carbonyl (C=O) groups excluding carboxylic acids is 1. The van der Waals surface area contributed by atoms with E-state index in [9.17, 15) is 4.79 Å². The lowest BCUT2D eigenvalue weighted by Gasteiger charge is -2.28. The van der Waals surface area contributed by atoms with E-state index in [-0.39, 0.29) is 12.0 Å². The molecule has 0 aliphatic carbocycles. The van der Waals surface area contributed by atoms with Gasteiger partial charge in [-0.05, 0) is 50.5 Å². The van der Waals surface area contributed by atoms with Crippen LogP contribution in [-0.4, -0.2) is 17.6 Å². The largest absolute Gasteiger partial charge is 0.459 e. The van der Waals surface area contributed by atoms with Gasteiger partial charge < -0.3 is 10.1 Å². The molecule has 0 amide bonds. The molecule has 0 saturated carbocycles. The minimum Gasteiger partial charge on any atom is -0.459 e. The van der Waals surface area contributed by atoms with E-state index in [1.54, 1.807) is 0 Å². The maximum atomic E-state index is 12.0. The molecule has 1 N–H and O–H groups in total. The van der Waals surface area contributed by atoms with E-state index in [1.165, 1.54) is 11.1 Å². The molecule has 1 atom stereocenters. The Morgan fingerprint density at radius 3 is 2.78 bits per heavy atom. The van der Waals surface area contributed by atoms with Crippen molar-refractivity contribution in [1.29, 1.82) is 0 Å². The summed E-state index contributed by atoms with van der Waals surface area (Å²) in [4.78, 5) is 12.0. The fourth-order valence-electron chi connectivity index (χ4n) is 2.02.